The van der Waals surface area contributed by atoms with E-state index in [-0.39, 0.29) is 23.6 Å². The van der Waals surface area contributed by atoms with Gasteiger partial charge >= 0.3 is 12.8 Å². The van der Waals surface area contributed by atoms with Gasteiger partial charge in [-0.25, -0.2) is 8.42 Å². The van der Waals surface area contributed by atoms with Gasteiger partial charge in [0.1, 0.15) is 0 Å². The Morgan fingerprint density at radius 3 is 2.31 bits per heavy atom. The lowest BCUT2D eigenvalue weighted by molar-refractivity contribution is -0.137. The summed E-state index contributed by atoms with van der Waals surface area (Å²) in [4.78, 5) is -0.616. The van der Waals surface area contributed by atoms with Crippen molar-refractivity contribution in [1.82, 2.24) is 4.31 Å². The number of halogens is 6. The van der Waals surface area contributed by atoms with Crippen LogP contribution in [-0.2, 0) is 22.7 Å². The van der Waals surface area contributed by atoms with Crippen molar-refractivity contribution in [2.75, 3.05) is 14.2 Å². The standard InChI is InChI=1S/C17H15ClF5NO4S/c1-24(9-10-3-6-14(27-2)15(7-10)28-16(19)20)29(25,26)11-4-5-13(18)12(8-11)17(21,22)23/h3-8,16H,9H2,1-2H3. The zero-order valence-electron chi connectivity index (χ0n) is 15.0. The average molecular weight is 460 g/mol. The Hall–Kier alpha value is -2.11. The topological polar surface area (TPSA) is 55.8 Å². The minimum atomic E-state index is -4.83. The third-order valence-corrected chi connectivity index (χ3v) is 5.93. The van der Waals surface area contributed by atoms with E-state index in [4.69, 9.17) is 16.3 Å². The Balaban J connectivity index is 2.34. The Bertz CT molecular complexity index is 982. The van der Waals surface area contributed by atoms with Crippen molar-refractivity contribution < 1.29 is 39.8 Å². The fraction of sp³-hybridized carbons (Fsp3) is 0.294. The molecule has 0 aliphatic carbocycles. The van der Waals surface area contributed by atoms with Gasteiger partial charge in [-0.05, 0) is 35.9 Å². The highest BCUT2D eigenvalue weighted by Gasteiger charge is 2.35. The maximum absolute atomic E-state index is 13.0. The molecule has 0 radical (unpaired) electrons. The molecule has 160 valence electrons. The number of hydrogen-bond acceptors (Lipinski definition) is 4. The summed E-state index contributed by atoms with van der Waals surface area (Å²) in [5, 5.41) is -0.636. The molecule has 12 heteroatoms. The molecular weight excluding hydrogens is 445 g/mol. The Kier molecular flexibility index (Phi) is 6.97. The number of nitrogens with zero attached hydrogens (tertiary/aromatic N) is 1. The first kappa shape index (κ1) is 23.2. The molecule has 0 saturated carbocycles. The van der Waals surface area contributed by atoms with E-state index in [1.165, 1.54) is 19.2 Å². The molecule has 0 unspecified atom stereocenters. The van der Waals surface area contributed by atoms with Gasteiger partial charge in [0.05, 0.1) is 22.6 Å². The SMILES string of the molecule is COc1ccc(CN(C)S(=O)(=O)c2ccc(Cl)c(C(F)(F)F)c2)cc1OC(F)F. The first-order chi connectivity index (χ1) is 13.4. The molecule has 5 nitrogen and oxygen atoms in total. The monoisotopic (exact) mass is 459 g/mol. The Morgan fingerprint density at radius 1 is 1.10 bits per heavy atom. The van der Waals surface area contributed by atoms with Crippen molar-refractivity contribution in [3.63, 3.8) is 0 Å². The summed E-state index contributed by atoms with van der Waals surface area (Å²) in [6.07, 6.45) is -4.83. The number of sulfonamides is 1. The van der Waals surface area contributed by atoms with Crippen molar-refractivity contribution in [2.45, 2.75) is 24.2 Å². The zero-order valence-corrected chi connectivity index (χ0v) is 16.6. The van der Waals surface area contributed by atoms with Crippen molar-refractivity contribution in [1.29, 1.82) is 0 Å². The molecule has 0 aliphatic rings. The summed E-state index contributed by atoms with van der Waals surface area (Å²) >= 11 is 5.51. The van der Waals surface area contributed by atoms with Crippen LogP contribution in [0.4, 0.5) is 22.0 Å². The fourth-order valence-corrected chi connectivity index (χ4v) is 3.82. The van der Waals surface area contributed by atoms with Crippen LogP contribution >= 0.6 is 11.6 Å². The zero-order chi connectivity index (χ0) is 22.0. The highest BCUT2D eigenvalue weighted by molar-refractivity contribution is 7.89. The first-order valence-corrected chi connectivity index (χ1v) is 9.63. The van der Waals surface area contributed by atoms with Gasteiger partial charge in [-0.2, -0.15) is 26.3 Å². The molecule has 0 bridgehead atoms. The maximum atomic E-state index is 13.0. The van der Waals surface area contributed by atoms with Gasteiger partial charge in [0.2, 0.25) is 10.0 Å². The minimum Gasteiger partial charge on any atom is -0.493 e. The number of methoxy groups -OCH3 is 1. The number of rotatable bonds is 7. The van der Waals surface area contributed by atoms with Crippen molar-refractivity contribution in [2.24, 2.45) is 0 Å². The molecule has 29 heavy (non-hydrogen) atoms. The van der Waals surface area contributed by atoms with Crippen molar-refractivity contribution in [3.8, 4) is 11.5 Å². The molecule has 0 amide bonds. The average Bonchev–Trinajstić information content (AvgIpc) is 2.60. The van der Waals surface area contributed by atoms with E-state index in [0.717, 1.165) is 29.6 Å². The lowest BCUT2D eigenvalue weighted by atomic mass is 10.2. The van der Waals surface area contributed by atoms with Gasteiger partial charge in [0.25, 0.3) is 0 Å². The molecule has 0 aliphatic heterocycles. The first-order valence-electron chi connectivity index (χ1n) is 7.81. The van der Waals surface area contributed by atoms with Gasteiger partial charge in [-0.1, -0.05) is 17.7 Å². The number of ether oxygens (including phenoxy) is 2. The third kappa shape index (κ3) is 5.49. The van der Waals surface area contributed by atoms with Gasteiger partial charge in [-0.15, -0.1) is 0 Å². The van der Waals surface area contributed by atoms with E-state index < -0.39 is 38.3 Å². The Labute approximate surface area is 168 Å². The molecule has 0 aromatic heterocycles. The second kappa shape index (κ2) is 8.72. The van der Waals surface area contributed by atoms with E-state index >= 15 is 0 Å². The summed E-state index contributed by atoms with van der Waals surface area (Å²) < 4.78 is 99.4. The van der Waals surface area contributed by atoms with Crippen LogP contribution in [0.15, 0.2) is 41.3 Å². The molecule has 2 aromatic rings. The van der Waals surface area contributed by atoms with Crippen LogP contribution in [0.1, 0.15) is 11.1 Å². The lowest BCUT2D eigenvalue weighted by Crippen LogP contribution is -2.27. The minimum absolute atomic E-state index is 0.00656. The highest BCUT2D eigenvalue weighted by atomic mass is 35.5. The summed E-state index contributed by atoms with van der Waals surface area (Å²) in [5.41, 5.74) is -1.04. The van der Waals surface area contributed by atoms with Crippen LogP contribution in [0.25, 0.3) is 0 Å². The Morgan fingerprint density at radius 2 is 1.76 bits per heavy atom. The molecule has 2 rings (SSSR count). The highest BCUT2D eigenvalue weighted by Crippen LogP contribution is 2.36. The predicted octanol–water partition coefficient (Wildman–Crippen LogP) is 4.79. The van der Waals surface area contributed by atoms with Crippen LogP contribution in [0.3, 0.4) is 0 Å². The molecular formula is C17H15ClF5NO4S. The second-order valence-electron chi connectivity index (χ2n) is 5.76. The van der Waals surface area contributed by atoms with E-state index in [1.807, 2.05) is 0 Å². The number of hydrogen-bond donors (Lipinski definition) is 0. The number of benzene rings is 2. The van der Waals surface area contributed by atoms with Crippen LogP contribution in [0.5, 0.6) is 11.5 Å². The van der Waals surface area contributed by atoms with Gasteiger partial charge in [0.15, 0.2) is 11.5 Å². The van der Waals surface area contributed by atoms with Gasteiger partial charge in [0, 0.05) is 13.6 Å². The molecule has 0 heterocycles. The van der Waals surface area contributed by atoms with E-state index in [1.54, 1.807) is 0 Å². The number of alkyl halides is 5. The lowest BCUT2D eigenvalue weighted by Gasteiger charge is -2.19. The largest absolute Gasteiger partial charge is 0.493 e. The van der Waals surface area contributed by atoms with Crippen molar-refractivity contribution >= 4 is 21.6 Å². The van der Waals surface area contributed by atoms with Crippen LogP contribution in [0, 0.1) is 0 Å². The smallest absolute Gasteiger partial charge is 0.417 e. The van der Waals surface area contributed by atoms with Gasteiger partial charge < -0.3 is 9.47 Å². The van der Waals surface area contributed by atoms with Crippen LogP contribution < -0.4 is 9.47 Å². The van der Waals surface area contributed by atoms with Crippen LogP contribution in [-0.4, -0.2) is 33.5 Å². The van der Waals surface area contributed by atoms with E-state index in [9.17, 15) is 30.4 Å². The molecule has 0 atom stereocenters. The third-order valence-electron chi connectivity index (χ3n) is 3.80. The molecule has 2 aromatic carbocycles. The summed E-state index contributed by atoms with van der Waals surface area (Å²) in [6, 6.07) is 6.09. The van der Waals surface area contributed by atoms with Crippen molar-refractivity contribution in [3.05, 3.63) is 52.5 Å². The molecule has 0 fully saturated rings. The summed E-state index contributed by atoms with van der Waals surface area (Å²) in [5.74, 6) is -0.302. The normalized spacial score (nSPS) is 12.5. The van der Waals surface area contributed by atoms with Gasteiger partial charge in [-0.3, -0.25) is 0 Å². The molecule has 0 N–H and O–H groups in total. The predicted molar refractivity (Wildman–Crippen MR) is 94.7 cm³/mol. The van der Waals surface area contributed by atoms with Crippen LogP contribution in [0.2, 0.25) is 5.02 Å². The maximum Gasteiger partial charge on any atom is 0.417 e. The quantitative estimate of drug-likeness (QED) is 0.559. The molecule has 0 spiro atoms. The molecule has 0 saturated heterocycles. The van der Waals surface area contributed by atoms with E-state index in [0.29, 0.717) is 6.07 Å². The summed E-state index contributed by atoms with van der Waals surface area (Å²) in [6.45, 7) is -3.45. The van der Waals surface area contributed by atoms with E-state index in [2.05, 4.69) is 4.74 Å². The fourth-order valence-electron chi connectivity index (χ4n) is 2.41. The summed E-state index contributed by atoms with van der Waals surface area (Å²) in [7, 11) is -1.96. The second-order valence-corrected chi connectivity index (χ2v) is 8.22.